The summed E-state index contributed by atoms with van der Waals surface area (Å²) in [5.41, 5.74) is 9.70. The van der Waals surface area contributed by atoms with Crippen molar-refractivity contribution in [1.29, 1.82) is 0 Å². The minimum atomic E-state index is -0.414. The Balaban J connectivity index is 1.83. The van der Waals surface area contributed by atoms with Gasteiger partial charge in [-0.15, -0.1) is 5.10 Å². The van der Waals surface area contributed by atoms with E-state index in [2.05, 4.69) is 15.6 Å². The average Bonchev–Trinajstić information content (AvgIpc) is 3.00. The highest BCUT2D eigenvalue weighted by atomic mass is 16.5. The second-order valence-corrected chi connectivity index (χ2v) is 5.94. The van der Waals surface area contributed by atoms with Gasteiger partial charge in [-0.25, -0.2) is 0 Å². The predicted octanol–water partition coefficient (Wildman–Crippen LogP) is 3.12. The lowest BCUT2D eigenvalue weighted by atomic mass is 10.1. The number of nitrogen functional groups attached to an aromatic ring is 1. The Labute approximate surface area is 151 Å². The zero-order chi connectivity index (χ0) is 18.7. The zero-order valence-corrected chi connectivity index (χ0v) is 15.0. The van der Waals surface area contributed by atoms with Crippen molar-refractivity contribution in [3.8, 4) is 11.4 Å². The van der Waals surface area contributed by atoms with Crippen LogP contribution in [0.25, 0.3) is 5.69 Å². The quantitative estimate of drug-likeness (QED) is 0.736. The van der Waals surface area contributed by atoms with Gasteiger partial charge >= 0.3 is 0 Å². The molecule has 0 bridgehead atoms. The highest BCUT2D eigenvalue weighted by Gasteiger charge is 2.19. The van der Waals surface area contributed by atoms with Crippen molar-refractivity contribution >= 4 is 17.4 Å². The molecule has 26 heavy (non-hydrogen) atoms. The van der Waals surface area contributed by atoms with Gasteiger partial charge in [-0.2, -0.15) is 4.68 Å². The molecule has 3 aromatic rings. The van der Waals surface area contributed by atoms with Crippen LogP contribution in [0.15, 0.2) is 42.5 Å². The SMILES string of the molecule is CCOc1ccc(NC(=O)c2nnn(-c3cc(C)ccc3C)c2N)cc1. The number of ether oxygens (including phenoxy) is 1. The second-order valence-electron chi connectivity index (χ2n) is 5.94. The van der Waals surface area contributed by atoms with Gasteiger partial charge < -0.3 is 15.8 Å². The topological polar surface area (TPSA) is 95.1 Å². The zero-order valence-electron chi connectivity index (χ0n) is 15.0. The number of anilines is 2. The number of benzene rings is 2. The molecule has 0 aliphatic carbocycles. The summed E-state index contributed by atoms with van der Waals surface area (Å²) in [6.45, 7) is 6.44. The van der Waals surface area contributed by atoms with E-state index in [1.54, 1.807) is 24.3 Å². The van der Waals surface area contributed by atoms with E-state index in [1.165, 1.54) is 4.68 Å². The van der Waals surface area contributed by atoms with E-state index in [0.717, 1.165) is 22.6 Å². The molecule has 0 saturated heterocycles. The van der Waals surface area contributed by atoms with Crippen LogP contribution in [0.4, 0.5) is 11.5 Å². The largest absolute Gasteiger partial charge is 0.494 e. The van der Waals surface area contributed by atoms with E-state index in [9.17, 15) is 4.79 Å². The van der Waals surface area contributed by atoms with E-state index in [1.807, 2.05) is 39.0 Å². The third-order valence-electron chi connectivity index (χ3n) is 3.94. The van der Waals surface area contributed by atoms with E-state index in [4.69, 9.17) is 10.5 Å². The molecule has 7 nitrogen and oxygen atoms in total. The molecule has 0 aliphatic heterocycles. The minimum Gasteiger partial charge on any atom is -0.494 e. The van der Waals surface area contributed by atoms with Crippen molar-refractivity contribution in [2.45, 2.75) is 20.8 Å². The summed E-state index contributed by atoms with van der Waals surface area (Å²) >= 11 is 0. The van der Waals surface area contributed by atoms with Gasteiger partial charge in [0.1, 0.15) is 5.75 Å². The van der Waals surface area contributed by atoms with Crippen LogP contribution in [0, 0.1) is 13.8 Å². The van der Waals surface area contributed by atoms with Crippen molar-refractivity contribution in [1.82, 2.24) is 15.0 Å². The van der Waals surface area contributed by atoms with Crippen molar-refractivity contribution in [3.63, 3.8) is 0 Å². The number of carbonyl (C=O) groups excluding carboxylic acids is 1. The third kappa shape index (κ3) is 3.51. The molecule has 134 valence electrons. The first-order valence-electron chi connectivity index (χ1n) is 8.32. The van der Waals surface area contributed by atoms with Crippen LogP contribution in [0.5, 0.6) is 5.75 Å². The van der Waals surface area contributed by atoms with Gasteiger partial charge in [0.2, 0.25) is 0 Å². The fourth-order valence-electron chi connectivity index (χ4n) is 2.57. The van der Waals surface area contributed by atoms with Gasteiger partial charge in [0, 0.05) is 5.69 Å². The van der Waals surface area contributed by atoms with Crippen LogP contribution in [-0.2, 0) is 0 Å². The Bertz CT molecular complexity index is 932. The molecular weight excluding hydrogens is 330 g/mol. The molecule has 1 amide bonds. The lowest BCUT2D eigenvalue weighted by Crippen LogP contribution is -2.15. The summed E-state index contributed by atoms with van der Waals surface area (Å²) in [7, 11) is 0. The van der Waals surface area contributed by atoms with Crippen molar-refractivity contribution in [2.24, 2.45) is 0 Å². The third-order valence-corrected chi connectivity index (χ3v) is 3.94. The number of hydrogen-bond donors (Lipinski definition) is 2. The number of hydrogen-bond acceptors (Lipinski definition) is 5. The van der Waals surface area contributed by atoms with Crippen molar-refractivity contribution in [2.75, 3.05) is 17.7 Å². The summed E-state index contributed by atoms with van der Waals surface area (Å²) in [6, 6.07) is 13.0. The normalized spacial score (nSPS) is 10.6. The standard InChI is InChI=1S/C19H21N5O2/c1-4-26-15-9-7-14(8-10-15)21-19(25)17-18(20)24(23-22-17)16-11-12(2)5-6-13(16)3/h5-11H,4,20H2,1-3H3,(H,21,25). The van der Waals surface area contributed by atoms with Gasteiger partial charge in [-0.1, -0.05) is 17.3 Å². The monoisotopic (exact) mass is 351 g/mol. The molecule has 0 radical (unpaired) electrons. The molecule has 0 saturated carbocycles. The highest BCUT2D eigenvalue weighted by Crippen LogP contribution is 2.21. The molecule has 1 aromatic heterocycles. The molecule has 7 heteroatoms. The Hall–Kier alpha value is -3.35. The number of aryl methyl sites for hydroxylation is 2. The molecule has 0 fully saturated rings. The molecule has 1 heterocycles. The summed E-state index contributed by atoms with van der Waals surface area (Å²) in [5.74, 6) is 0.524. The Morgan fingerprint density at radius 1 is 1.19 bits per heavy atom. The smallest absolute Gasteiger partial charge is 0.280 e. The number of rotatable bonds is 5. The maximum atomic E-state index is 12.5. The molecular formula is C19H21N5O2. The van der Waals surface area contributed by atoms with Crippen molar-refractivity contribution in [3.05, 3.63) is 59.3 Å². The summed E-state index contributed by atoms with van der Waals surface area (Å²) in [4.78, 5) is 12.5. The molecule has 0 unspecified atom stereocenters. The molecule has 0 atom stereocenters. The van der Waals surface area contributed by atoms with Crippen LogP contribution in [-0.4, -0.2) is 27.5 Å². The summed E-state index contributed by atoms with van der Waals surface area (Å²) in [6.07, 6.45) is 0. The fourth-order valence-corrected chi connectivity index (χ4v) is 2.57. The Kier molecular flexibility index (Phi) is 4.88. The number of aromatic nitrogens is 3. The van der Waals surface area contributed by atoms with E-state index >= 15 is 0 Å². The first kappa shape index (κ1) is 17.5. The minimum absolute atomic E-state index is 0.0831. The van der Waals surface area contributed by atoms with Crippen LogP contribution >= 0.6 is 0 Å². The second kappa shape index (κ2) is 7.26. The first-order chi connectivity index (χ1) is 12.5. The van der Waals surface area contributed by atoms with Gasteiger partial charge in [-0.05, 0) is 62.2 Å². The van der Waals surface area contributed by atoms with Crippen LogP contribution in [0.2, 0.25) is 0 Å². The van der Waals surface area contributed by atoms with E-state index < -0.39 is 5.91 Å². The summed E-state index contributed by atoms with van der Waals surface area (Å²) in [5, 5.41) is 10.8. The Morgan fingerprint density at radius 2 is 1.92 bits per heavy atom. The van der Waals surface area contributed by atoms with E-state index in [-0.39, 0.29) is 11.5 Å². The fraction of sp³-hybridized carbons (Fsp3) is 0.211. The van der Waals surface area contributed by atoms with Gasteiger partial charge in [0.05, 0.1) is 12.3 Å². The summed E-state index contributed by atoms with van der Waals surface area (Å²) < 4.78 is 6.87. The first-order valence-corrected chi connectivity index (χ1v) is 8.32. The molecule has 3 N–H and O–H groups in total. The van der Waals surface area contributed by atoms with E-state index in [0.29, 0.717) is 12.3 Å². The van der Waals surface area contributed by atoms with Gasteiger partial charge in [0.15, 0.2) is 11.5 Å². The molecule has 2 aromatic carbocycles. The Morgan fingerprint density at radius 3 is 2.62 bits per heavy atom. The number of carbonyl (C=O) groups is 1. The molecule has 0 aliphatic rings. The number of nitrogens with two attached hydrogens (primary N) is 1. The van der Waals surface area contributed by atoms with Crippen molar-refractivity contribution < 1.29 is 9.53 Å². The molecule has 0 spiro atoms. The predicted molar refractivity (Wildman–Crippen MR) is 101 cm³/mol. The highest BCUT2D eigenvalue weighted by molar-refractivity contribution is 6.05. The average molecular weight is 351 g/mol. The number of amides is 1. The lowest BCUT2D eigenvalue weighted by molar-refractivity contribution is 0.102. The molecule has 3 rings (SSSR count). The lowest BCUT2D eigenvalue weighted by Gasteiger charge is -2.08. The van der Waals surface area contributed by atoms with Gasteiger partial charge in [-0.3, -0.25) is 4.79 Å². The van der Waals surface area contributed by atoms with Gasteiger partial charge in [0.25, 0.3) is 5.91 Å². The number of nitrogens with one attached hydrogen (secondary N) is 1. The van der Waals surface area contributed by atoms with Crippen LogP contribution in [0.1, 0.15) is 28.5 Å². The number of nitrogens with zero attached hydrogens (tertiary/aromatic N) is 3. The maximum absolute atomic E-state index is 12.5. The maximum Gasteiger partial charge on any atom is 0.280 e. The van der Waals surface area contributed by atoms with Crippen LogP contribution in [0.3, 0.4) is 0 Å². The van der Waals surface area contributed by atoms with Crippen LogP contribution < -0.4 is 15.8 Å².